The molecule has 0 aliphatic carbocycles. The lowest BCUT2D eigenvalue weighted by molar-refractivity contribution is 0.653. The van der Waals surface area contributed by atoms with Crippen LogP contribution < -0.4 is 0 Å². The van der Waals surface area contributed by atoms with E-state index in [2.05, 4.69) is 101 Å². The number of hydrogen-bond acceptors (Lipinski definition) is 4. The van der Waals surface area contributed by atoms with E-state index in [1.807, 2.05) is 18.2 Å². The Morgan fingerprint density at radius 3 is 1.95 bits per heavy atom. The van der Waals surface area contributed by atoms with Crippen molar-refractivity contribution in [3.8, 4) is 33.4 Å². The highest BCUT2D eigenvalue weighted by atomic mass is 16.3. The molecule has 38 heavy (non-hydrogen) atoms. The number of rotatable bonds is 3. The molecule has 178 valence electrons. The van der Waals surface area contributed by atoms with Crippen LogP contribution in [0.2, 0.25) is 0 Å². The molecule has 0 unspecified atom stereocenters. The normalized spacial score (nSPS) is 11.7. The maximum atomic E-state index is 6.40. The van der Waals surface area contributed by atoms with Crippen molar-refractivity contribution in [3.05, 3.63) is 122 Å². The van der Waals surface area contributed by atoms with Crippen LogP contribution in [0.4, 0.5) is 0 Å². The lowest BCUT2D eigenvalue weighted by atomic mass is 9.89. The van der Waals surface area contributed by atoms with Gasteiger partial charge in [0.2, 0.25) is 5.71 Å². The quantitative estimate of drug-likeness (QED) is 0.249. The number of fused-ring (bicyclic) bond motifs is 6. The summed E-state index contributed by atoms with van der Waals surface area (Å²) < 4.78 is 12.3. The molecule has 0 radical (unpaired) electrons. The first-order chi connectivity index (χ1) is 18.8. The monoisotopic (exact) mass is 488 g/mol. The van der Waals surface area contributed by atoms with E-state index in [0.717, 1.165) is 71.8 Å². The SMILES string of the molecule is c1ccc(-c2ccccc2-c2cccc3c2oc2ccccc23)c(-c2ccc3oc4nccnc4c3c2)c1. The number of aromatic nitrogens is 2. The Morgan fingerprint density at radius 1 is 0.447 bits per heavy atom. The average molecular weight is 489 g/mol. The van der Waals surface area contributed by atoms with E-state index >= 15 is 0 Å². The van der Waals surface area contributed by atoms with Crippen molar-refractivity contribution in [2.24, 2.45) is 0 Å². The maximum Gasteiger partial charge on any atom is 0.246 e. The molecule has 0 spiro atoms. The molecule has 0 amide bonds. The third kappa shape index (κ3) is 3.10. The predicted molar refractivity (Wildman–Crippen MR) is 153 cm³/mol. The van der Waals surface area contributed by atoms with Crippen LogP contribution in [0, 0.1) is 0 Å². The Balaban J connectivity index is 1.35. The molecular formula is C34H20N2O2. The van der Waals surface area contributed by atoms with Crippen LogP contribution in [0.1, 0.15) is 0 Å². The molecule has 3 aromatic heterocycles. The summed E-state index contributed by atoms with van der Waals surface area (Å²) >= 11 is 0. The molecule has 4 heteroatoms. The van der Waals surface area contributed by atoms with Crippen molar-refractivity contribution in [2.45, 2.75) is 0 Å². The van der Waals surface area contributed by atoms with Gasteiger partial charge in [-0.3, -0.25) is 0 Å². The number of furan rings is 2. The molecule has 4 nitrogen and oxygen atoms in total. The predicted octanol–water partition coefficient (Wildman–Crippen LogP) is 9.28. The molecule has 0 aliphatic heterocycles. The first-order valence-electron chi connectivity index (χ1n) is 12.6. The van der Waals surface area contributed by atoms with Gasteiger partial charge in [0.05, 0.1) is 0 Å². The van der Waals surface area contributed by atoms with Gasteiger partial charge in [-0.15, -0.1) is 0 Å². The van der Waals surface area contributed by atoms with Gasteiger partial charge in [-0.1, -0.05) is 91.0 Å². The zero-order chi connectivity index (χ0) is 25.1. The van der Waals surface area contributed by atoms with Gasteiger partial charge in [0, 0.05) is 34.1 Å². The van der Waals surface area contributed by atoms with Crippen molar-refractivity contribution < 1.29 is 8.83 Å². The van der Waals surface area contributed by atoms with Crippen molar-refractivity contribution in [1.82, 2.24) is 9.97 Å². The number of benzene rings is 5. The second-order valence-corrected chi connectivity index (χ2v) is 9.39. The summed E-state index contributed by atoms with van der Waals surface area (Å²) in [4.78, 5) is 8.85. The summed E-state index contributed by atoms with van der Waals surface area (Å²) in [5.41, 5.74) is 10.7. The van der Waals surface area contributed by atoms with Crippen LogP contribution in [0.15, 0.2) is 130 Å². The Morgan fingerprint density at radius 2 is 1.08 bits per heavy atom. The zero-order valence-corrected chi connectivity index (χ0v) is 20.3. The zero-order valence-electron chi connectivity index (χ0n) is 20.3. The van der Waals surface area contributed by atoms with Crippen LogP contribution in [0.5, 0.6) is 0 Å². The van der Waals surface area contributed by atoms with E-state index in [9.17, 15) is 0 Å². The number of hydrogen-bond donors (Lipinski definition) is 0. The third-order valence-corrected chi connectivity index (χ3v) is 7.26. The Labute approximate surface area is 217 Å². The van der Waals surface area contributed by atoms with E-state index in [4.69, 9.17) is 8.83 Å². The standard InChI is InChI=1S/C34H20N2O2/c1-2-9-23(22(8-1)21-16-17-31-29(20-21)32-34(38-31)36-19-18-35-32)24-10-3-4-11-25(24)27-13-7-14-28-26-12-5-6-15-30(26)37-33(27)28/h1-20H. The largest absolute Gasteiger partial charge is 0.455 e. The molecule has 0 fully saturated rings. The van der Waals surface area contributed by atoms with Crippen LogP contribution in [0.3, 0.4) is 0 Å². The lowest BCUT2D eigenvalue weighted by Gasteiger charge is -2.15. The molecule has 0 atom stereocenters. The summed E-state index contributed by atoms with van der Waals surface area (Å²) in [7, 11) is 0. The molecular weight excluding hydrogens is 468 g/mol. The Kier molecular flexibility index (Phi) is 4.49. The summed E-state index contributed by atoms with van der Waals surface area (Å²) in [6, 6.07) is 37.9. The minimum Gasteiger partial charge on any atom is -0.455 e. The fourth-order valence-corrected chi connectivity index (χ4v) is 5.54. The van der Waals surface area contributed by atoms with Crippen molar-refractivity contribution in [1.29, 1.82) is 0 Å². The molecule has 0 saturated heterocycles. The second kappa shape index (κ2) is 8.15. The van der Waals surface area contributed by atoms with Gasteiger partial charge in [-0.05, 0) is 46.0 Å². The fourth-order valence-electron chi connectivity index (χ4n) is 5.54. The van der Waals surface area contributed by atoms with E-state index in [1.165, 1.54) is 0 Å². The molecule has 3 heterocycles. The van der Waals surface area contributed by atoms with Gasteiger partial charge in [0.1, 0.15) is 22.3 Å². The van der Waals surface area contributed by atoms with Gasteiger partial charge in [0.15, 0.2) is 0 Å². The van der Waals surface area contributed by atoms with Crippen LogP contribution >= 0.6 is 0 Å². The van der Waals surface area contributed by atoms with Crippen LogP contribution in [-0.4, -0.2) is 9.97 Å². The molecule has 0 bridgehead atoms. The topological polar surface area (TPSA) is 52.1 Å². The van der Waals surface area contributed by atoms with E-state index in [1.54, 1.807) is 12.4 Å². The highest BCUT2D eigenvalue weighted by molar-refractivity contribution is 6.11. The van der Waals surface area contributed by atoms with Gasteiger partial charge < -0.3 is 8.83 Å². The molecule has 0 saturated carbocycles. The lowest BCUT2D eigenvalue weighted by Crippen LogP contribution is -1.89. The average Bonchev–Trinajstić information content (AvgIpc) is 3.55. The maximum absolute atomic E-state index is 6.40. The summed E-state index contributed by atoms with van der Waals surface area (Å²) in [5.74, 6) is 0. The second-order valence-electron chi connectivity index (χ2n) is 9.39. The van der Waals surface area contributed by atoms with Crippen molar-refractivity contribution >= 4 is 44.1 Å². The number of para-hydroxylation sites is 2. The first-order valence-corrected chi connectivity index (χ1v) is 12.6. The summed E-state index contributed by atoms with van der Waals surface area (Å²) in [6.07, 6.45) is 3.35. The minimum atomic E-state index is 0.553. The highest BCUT2D eigenvalue weighted by Crippen LogP contribution is 2.42. The van der Waals surface area contributed by atoms with E-state index in [-0.39, 0.29) is 0 Å². The van der Waals surface area contributed by atoms with Crippen LogP contribution in [-0.2, 0) is 0 Å². The van der Waals surface area contributed by atoms with Gasteiger partial charge in [-0.2, -0.15) is 0 Å². The van der Waals surface area contributed by atoms with E-state index < -0.39 is 0 Å². The molecule has 8 aromatic rings. The fraction of sp³-hybridized carbons (Fsp3) is 0. The van der Waals surface area contributed by atoms with Gasteiger partial charge in [-0.25, -0.2) is 9.97 Å². The minimum absolute atomic E-state index is 0.553. The molecule has 0 N–H and O–H groups in total. The molecule has 0 aliphatic rings. The van der Waals surface area contributed by atoms with Crippen molar-refractivity contribution in [3.63, 3.8) is 0 Å². The van der Waals surface area contributed by atoms with Crippen LogP contribution in [0.25, 0.3) is 77.5 Å². The molecule has 5 aromatic carbocycles. The van der Waals surface area contributed by atoms with E-state index in [0.29, 0.717) is 5.71 Å². The summed E-state index contributed by atoms with van der Waals surface area (Å²) in [5, 5.41) is 3.21. The molecule has 8 rings (SSSR count). The Hall–Kier alpha value is -5.22. The smallest absolute Gasteiger partial charge is 0.246 e. The van der Waals surface area contributed by atoms with Crippen molar-refractivity contribution in [2.75, 3.05) is 0 Å². The summed E-state index contributed by atoms with van der Waals surface area (Å²) in [6.45, 7) is 0. The first kappa shape index (κ1) is 20.9. The Bertz CT molecular complexity index is 2150. The van der Waals surface area contributed by atoms with Gasteiger partial charge in [0.25, 0.3) is 0 Å². The van der Waals surface area contributed by atoms with Gasteiger partial charge >= 0.3 is 0 Å². The highest BCUT2D eigenvalue weighted by Gasteiger charge is 2.18. The number of nitrogens with zero attached hydrogens (tertiary/aromatic N) is 2. The third-order valence-electron chi connectivity index (χ3n) is 7.26.